The Bertz CT molecular complexity index is 782. The topological polar surface area (TPSA) is 76.7 Å². The predicted octanol–water partition coefficient (Wildman–Crippen LogP) is 2.91. The Hall–Kier alpha value is -3.09. The minimum absolute atomic E-state index is 0.0280. The number of para-hydroxylation sites is 1. The molecule has 1 unspecified atom stereocenters. The first kappa shape index (κ1) is 20.2. The number of ether oxygens (including phenoxy) is 2. The third-order valence-electron chi connectivity index (χ3n) is 3.64. The van der Waals surface area contributed by atoms with Crippen LogP contribution >= 0.6 is 0 Å². The van der Waals surface area contributed by atoms with E-state index in [0.29, 0.717) is 13.0 Å². The van der Waals surface area contributed by atoms with Gasteiger partial charge in [0.15, 0.2) is 17.7 Å². The summed E-state index contributed by atoms with van der Waals surface area (Å²) in [6.45, 7) is 3.82. The normalized spacial score (nSPS) is 11.4. The van der Waals surface area contributed by atoms with Crippen LogP contribution in [0, 0.1) is 12.7 Å². The van der Waals surface area contributed by atoms with E-state index in [1.54, 1.807) is 6.07 Å². The highest BCUT2D eigenvalue weighted by Crippen LogP contribution is 2.17. The monoisotopic (exact) mass is 374 g/mol. The molecule has 0 heterocycles. The molecule has 0 fully saturated rings. The summed E-state index contributed by atoms with van der Waals surface area (Å²) in [5.41, 5.74) is 5.66. The van der Waals surface area contributed by atoms with Gasteiger partial charge < -0.3 is 9.47 Å². The number of nitrogens with one attached hydrogen (secondary N) is 2. The summed E-state index contributed by atoms with van der Waals surface area (Å²) in [4.78, 5) is 23.7. The Morgan fingerprint density at radius 2 is 1.89 bits per heavy atom. The molecule has 2 N–H and O–H groups in total. The molecule has 0 aliphatic carbocycles. The van der Waals surface area contributed by atoms with Crippen molar-refractivity contribution >= 4 is 11.8 Å². The summed E-state index contributed by atoms with van der Waals surface area (Å²) in [7, 11) is 0. The third-order valence-corrected chi connectivity index (χ3v) is 3.64. The second-order valence-electron chi connectivity index (χ2n) is 6.00. The van der Waals surface area contributed by atoms with Gasteiger partial charge in [-0.15, -0.1) is 0 Å². The Balaban J connectivity index is 1.64. The van der Waals surface area contributed by atoms with Crippen molar-refractivity contribution in [2.45, 2.75) is 32.8 Å². The number of carbonyl (C=O) groups is 2. The molecule has 0 aromatic heterocycles. The molecule has 0 bridgehead atoms. The number of rotatable bonds is 8. The van der Waals surface area contributed by atoms with Crippen molar-refractivity contribution in [1.29, 1.82) is 0 Å². The Morgan fingerprint density at radius 3 is 2.63 bits per heavy atom. The van der Waals surface area contributed by atoms with Gasteiger partial charge in [-0.25, -0.2) is 4.39 Å². The number of hydrogen-bond donors (Lipinski definition) is 2. The molecular weight excluding hydrogens is 351 g/mol. The summed E-state index contributed by atoms with van der Waals surface area (Å²) >= 11 is 0. The minimum atomic E-state index is -0.966. The largest absolute Gasteiger partial charge is 0.494 e. The molecule has 0 radical (unpaired) electrons. The van der Waals surface area contributed by atoms with Gasteiger partial charge >= 0.3 is 0 Å². The second kappa shape index (κ2) is 10.2. The van der Waals surface area contributed by atoms with E-state index in [2.05, 4.69) is 10.9 Å². The van der Waals surface area contributed by atoms with Crippen LogP contribution in [0.4, 0.5) is 4.39 Å². The van der Waals surface area contributed by atoms with Crippen molar-refractivity contribution < 1.29 is 23.5 Å². The molecule has 6 nitrogen and oxygen atoms in total. The van der Waals surface area contributed by atoms with Gasteiger partial charge in [0.1, 0.15) is 5.75 Å². The van der Waals surface area contributed by atoms with Crippen LogP contribution in [0.15, 0.2) is 48.5 Å². The number of halogens is 1. The Labute approximate surface area is 157 Å². The molecule has 2 rings (SSSR count). The average molecular weight is 374 g/mol. The molecule has 7 heteroatoms. The Morgan fingerprint density at radius 1 is 1.11 bits per heavy atom. The van der Waals surface area contributed by atoms with Crippen molar-refractivity contribution in [2.24, 2.45) is 0 Å². The summed E-state index contributed by atoms with van der Waals surface area (Å²) in [5, 5.41) is 0. The fraction of sp³-hybridized carbons (Fsp3) is 0.300. The standard InChI is InChI=1S/C20H23FN2O4/c1-14-7-5-8-16(13-14)26-12-6-11-19(24)22-23-20(25)15(2)27-18-10-4-3-9-17(18)21/h3-5,7-10,13,15H,6,11-12H2,1-2H3,(H,22,24)(H,23,25). The van der Waals surface area contributed by atoms with E-state index in [9.17, 15) is 14.0 Å². The summed E-state index contributed by atoms with van der Waals surface area (Å²) in [5.74, 6) is -0.769. The zero-order valence-electron chi connectivity index (χ0n) is 15.3. The number of hydrazine groups is 1. The number of benzene rings is 2. The zero-order valence-corrected chi connectivity index (χ0v) is 15.3. The van der Waals surface area contributed by atoms with Gasteiger partial charge in [-0.3, -0.25) is 20.4 Å². The van der Waals surface area contributed by atoms with Gasteiger partial charge in [-0.1, -0.05) is 24.3 Å². The maximum Gasteiger partial charge on any atom is 0.279 e. The molecule has 144 valence electrons. The van der Waals surface area contributed by atoms with E-state index in [1.165, 1.54) is 25.1 Å². The Kier molecular flexibility index (Phi) is 7.61. The second-order valence-corrected chi connectivity index (χ2v) is 6.00. The number of carbonyl (C=O) groups excluding carboxylic acids is 2. The highest BCUT2D eigenvalue weighted by atomic mass is 19.1. The molecule has 2 aromatic rings. The molecule has 0 saturated heterocycles. The fourth-order valence-electron chi connectivity index (χ4n) is 2.21. The minimum Gasteiger partial charge on any atom is -0.494 e. The van der Waals surface area contributed by atoms with Crippen LogP contribution in [-0.2, 0) is 9.59 Å². The lowest BCUT2D eigenvalue weighted by Crippen LogP contribution is -2.47. The predicted molar refractivity (Wildman–Crippen MR) is 98.7 cm³/mol. The lowest BCUT2D eigenvalue weighted by molar-refractivity contribution is -0.132. The van der Waals surface area contributed by atoms with E-state index < -0.39 is 17.8 Å². The summed E-state index contributed by atoms with van der Waals surface area (Å²) in [6.07, 6.45) is -0.280. The van der Waals surface area contributed by atoms with Crippen LogP contribution < -0.4 is 20.3 Å². The van der Waals surface area contributed by atoms with Gasteiger partial charge in [-0.05, 0) is 50.1 Å². The average Bonchev–Trinajstić information content (AvgIpc) is 2.65. The lowest BCUT2D eigenvalue weighted by atomic mass is 10.2. The van der Waals surface area contributed by atoms with Crippen molar-refractivity contribution in [2.75, 3.05) is 6.61 Å². The number of amides is 2. The van der Waals surface area contributed by atoms with Crippen molar-refractivity contribution in [3.8, 4) is 11.5 Å². The van der Waals surface area contributed by atoms with E-state index in [0.717, 1.165) is 11.3 Å². The molecule has 0 aliphatic rings. The highest BCUT2D eigenvalue weighted by Gasteiger charge is 2.16. The first-order valence-electron chi connectivity index (χ1n) is 8.65. The molecule has 27 heavy (non-hydrogen) atoms. The van der Waals surface area contributed by atoms with E-state index in [1.807, 2.05) is 31.2 Å². The van der Waals surface area contributed by atoms with Gasteiger partial charge in [0.25, 0.3) is 5.91 Å². The smallest absolute Gasteiger partial charge is 0.279 e. The van der Waals surface area contributed by atoms with Crippen LogP contribution in [0.2, 0.25) is 0 Å². The van der Waals surface area contributed by atoms with Crippen LogP contribution in [0.3, 0.4) is 0 Å². The molecular formula is C20H23FN2O4. The molecule has 0 spiro atoms. The summed E-state index contributed by atoms with van der Waals surface area (Å²) < 4.78 is 24.3. The van der Waals surface area contributed by atoms with Gasteiger partial charge in [-0.2, -0.15) is 0 Å². The van der Waals surface area contributed by atoms with Gasteiger partial charge in [0, 0.05) is 6.42 Å². The van der Waals surface area contributed by atoms with E-state index in [-0.39, 0.29) is 18.1 Å². The van der Waals surface area contributed by atoms with Crippen molar-refractivity contribution in [1.82, 2.24) is 10.9 Å². The van der Waals surface area contributed by atoms with E-state index in [4.69, 9.17) is 9.47 Å². The maximum atomic E-state index is 13.5. The molecule has 2 amide bonds. The number of aryl methyl sites for hydroxylation is 1. The van der Waals surface area contributed by atoms with Crippen LogP contribution in [-0.4, -0.2) is 24.5 Å². The summed E-state index contributed by atoms with van der Waals surface area (Å²) in [6, 6.07) is 13.4. The van der Waals surface area contributed by atoms with Crippen molar-refractivity contribution in [3.05, 3.63) is 59.9 Å². The first-order valence-corrected chi connectivity index (χ1v) is 8.65. The molecule has 0 aliphatic heterocycles. The molecule has 2 aromatic carbocycles. The quantitative estimate of drug-likeness (QED) is 0.550. The van der Waals surface area contributed by atoms with Crippen molar-refractivity contribution in [3.63, 3.8) is 0 Å². The number of hydrogen-bond acceptors (Lipinski definition) is 4. The van der Waals surface area contributed by atoms with Crippen LogP contribution in [0.25, 0.3) is 0 Å². The fourth-order valence-corrected chi connectivity index (χ4v) is 2.21. The zero-order chi connectivity index (χ0) is 19.6. The van der Waals surface area contributed by atoms with Crippen LogP contribution in [0.5, 0.6) is 11.5 Å². The van der Waals surface area contributed by atoms with E-state index >= 15 is 0 Å². The molecule has 1 atom stereocenters. The first-order chi connectivity index (χ1) is 13.0. The maximum absolute atomic E-state index is 13.5. The lowest BCUT2D eigenvalue weighted by Gasteiger charge is -2.15. The highest BCUT2D eigenvalue weighted by molar-refractivity contribution is 5.84. The van der Waals surface area contributed by atoms with Gasteiger partial charge in [0.05, 0.1) is 6.61 Å². The van der Waals surface area contributed by atoms with Gasteiger partial charge in [0.2, 0.25) is 5.91 Å². The van der Waals surface area contributed by atoms with Crippen LogP contribution in [0.1, 0.15) is 25.3 Å². The SMILES string of the molecule is Cc1cccc(OCCCC(=O)NNC(=O)C(C)Oc2ccccc2F)c1. The molecule has 0 saturated carbocycles. The third kappa shape index (κ3) is 6.97.